The van der Waals surface area contributed by atoms with Gasteiger partial charge >= 0.3 is 11.9 Å². The zero-order valence-corrected chi connectivity index (χ0v) is 15.5. The van der Waals surface area contributed by atoms with Gasteiger partial charge in [-0.2, -0.15) is 5.10 Å². The molecule has 0 aliphatic heterocycles. The number of ether oxygens (including phenoxy) is 3. The molecule has 0 bridgehead atoms. The van der Waals surface area contributed by atoms with Crippen LogP contribution in [-0.2, 0) is 4.79 Å². The SMILES string of the molecule is COc1cc(/C=N\Nc2cc(C(=O)O)ccc2Cl)cc(OC)c1OC(C)=O. The third-order valence-corrected chi connectivity index (χ3v) is 3.67. The van der Waals surface area contributed by atoms with Crippen LogP contribution in [-0.4, -0.2) is 37.5 Å². The zero-order valence-electron chi connectivity index (χ0n) is 14.8. The maximum atomic E-state index is 11.2. The average molecular weight is 393 g/mol. The van der Waals surface area contributed by atoms with E-state index >= 15 is 0 Å². The molecule has 9 heteroatoms. The molecule has 0 fully saturated rings. The van der Waals surface area contributed by atoms with E-state index in [1.165, 1.54) is 45.6 Å². The first kappa shape index (κ1) is 20.1. The molecule has 0 radical (unpaired) electrons. The molecule has 0 unspecified atom stereocenters. The van der Waals surface area contributed by atoms with Gasteiger partial charge in [0.15, 0.2) is 11.5 Å². The van der Waals surface area contributed by atoms with Crippen LogP contribution >= 0.6 is 11.6 Å². The topological polar surface area (TPSA) is 106 Å². The van der Waals surface area contributed by atoms with Crippen molar-refractivity contribution in [3.63, 3.8) is 0 Å². The van der Waals surface area contributed by atoms with Gasteiger partial charge in [-0.3, -0.25) is 10.2 Å². The molecule has 142 valence electrons. The largest absolute Gasteiger partial charge is 0.493 e. The van der Waals surface area contributed by atoms with Gasteiger partial charge in [-0.15, -0.1) is 0 Å². The molecule has 0 saturated heterocycles. The van der Waals surface area contributed by atoms with Gasteiger partial charge in [-0.1, -0.05) is 11.6 Å². The second kappa shape index (κ2) is 8.91. The van der Waals surface area contributed by atoms with Crippen LogP contribution in [0.5, 0.6) is 17.2 Å². The van der Waals surface area contributed by atoms with E-state index in [1.807, 2.05) is 0 Å². The van der Waals surface area contributed by atoms with Crippen molar-refractivity contribution < 1.29 is 28.9 Å². The molecule has 2 aromatic carbocycles. The number of carbonyl (C=O) groups is 2. The Labute approximate surface area is 160 Å². The number of halogens is 1. The number of methoxy groups -OCH3 is 2. The number of nitrogens with one attached hydrogen (secondary N) is 1. The Hall–Kier alpha value is -3.26. The highest BCUT2D eigenvalue weighted by Crippen LogP contribution is 2.38. The zero-order chi connectivity index (χ0) is 20.0. The molecule has 2 rings (SSSR count). The van der Waals surface area contributed by atoms with Gasteiger partial charge in [0, 0.05) is 12.5 Å². The van der Waals surface area contributed by atoms with Crippen molar-refractivity contribution >= 4 is 35.4 Å². The second-order valence-electron chi connectivity index (χ2n) is 5.22. The van der Waals surface area contributed by atoms with E-state index in [9.17, 15) is 9.59 Å². The smallest absolute Gasteiger partial charge is 0.335 e. The van der Waals surface area contributed by atoms with E-state index in [1.54, 1.807) is 12.1 Å². The van der Waals surface area contributed by atoms with Crippen molar-refractivity contribution in [2.45, 2.75) is 6.92 Å². The molecule has 0 aromatic heterocycles. The Morgan fingerprint density at radius 1 is 1.15 bits per heavy atom. The summed E-state index contributed by atoms with van der Waals surface area (Å²) in [5.41, 5.74) is 3.68. The number of carboxylic acids is 1. The molecule has 0 atom stereocenters. The minimum Gasteiger partial charge on any atom is -0.493 e. The standard InChI is InChI=1S/C18H17ClN2O6/c1-10(22)27-17-15(25-2)6-11(7-16(17)26-3)9-20-21-14-8-12(18(23)24)4-5-13(14)19/h4-9,21H,1-3H3,(H,23,24)/b20-9-. The predicted molar refractivity (Wildman–Crippen MR) is 100 cm³/mol. The van der Waals surface area contributed by atoms with Crippen molar-refractivity contribution in [1.82, 2.24) is 0 Å². The first-order chi connectivity index (χ1) is 12.8. The molecule has 0 saturated carbocycles. The number of rotatable bonds is 7. The first-order valence-electron chi connectivity index (χ1n) is 7.62. The summed E-state index contributed by atoms with van der Waals surface area (Å²) in [4.78, 5) is 22.3. The van der Waals surface area contributed by atoms with Crippen LogP contribution in [0.3, 0.4) is 0 Å². The van der Waals surface area contributed by atoms with Gasteiger partial charge in [0.05, 0.1) is 36.7 Å². The van der Waals surface area contributed by atoms with E-state index in [0.29, 0.717) is 16.3 Å². The van der Waals surface area contributed by atoms with Crippen LogP contribution in [0.1, 0.15) is 22.8 Å². The van der Waals surface area contributed by atoms with Crippen molar-refractivity contribution in [2.24, 2.45) is 5.10 Å². The summed E-state index contributed by atoms with van der Waals surface area (Å²) in [7, 11) is 2.86. The van der Waals surface area contributed by atoms with Crippen LogP contribution in [0, 0.1) is 0 Å². The average Bonchev–Trinajstić information content (AvgIpc) is 2.63. The number of hydrogen-bond donors (Lipinski definition) is 2. The molecule has 2 N–H and O–H groups in total. The van der Waals surface area contributed by atoms with E-state index in [4.69, 9.17) is 30.9 Å². The predicted octanol–water partition coefficient (Wildman–Crippen LogP) is 3.43. The lowest BCUT2D eigenvalue weighted by atomic mass is 10.2. The van der Waals surface area contributed by atoms with E-state index in [0.717, 1.165) is 0 Å². The molecular weight excluding hydrogens is 376 g/mol. The summed E-state index contributed by atoms with van der Waals surface area (Å²) < 4.78 is 15.6. The number of benzene rings is 2. The summed E-state index contributed by atoms with van der Waals surface area (Å²) in [6, 6.07) is 7.42. The first-order valence-corrected chi connectivity index (χ1v) is 8.00. The lowest BCUT2D eigenvalue weighted by Crippen LogP contribution is -2.05. The summed E-state index contributed by atoms with van der Waals surface area (Å²) >= 11 is 6.03. The van der Waals surface area contributed by atoms with Crippen molar-refractivity contribution in [1.29, 1.82) is 0 Å². The van der Waals surface area contributed by atoms with Crippen molar-refractivity contribution in [2.75, 3.05) is 19.6 Å². The fraction of sp³-hybridized carbons (Fsp3) is 0.167. The van der Waals surface area contributed by atoms with Crippen LogP contribution in [0.2, 0.25) is 5.02 Å². The monoisotopic (exact) mass is 392 g/mol. The molecule has 27 heavy (non-hydrogen) atoms. The van der Waals surface area contributed by atoms with Crippen LogP contribution < -0.4 is 19.6 Å². The molecule has 0 aliphatic rings. The number of carboxylic acid groups (broad SMARTS) is 1. The molecule has 0 heterocycles. The van der Waals surface area contributed by atoms with E-state index in [2.05, 4.69) is 10.5 Å². The number of hydrazone groups is 1. The fourth-order valence-electron chi connectivity index (χ4n) is 2.14. The van der Waals surface area contributed by atoms with Gasteiger partial charge in [0.1, 0.15) is 0 Å². The number of esters is 1. The molecule has 0 aliphatic carbocycles. The highest BCUT2D eigenvalue weighted by molar-refractivity contribution is 6.33. The number of carbonyl (C=O) groups excluding carboxylic acids is 1. The number of aromatic carboxylic acids is 1. The van der Waals surface area contributed by atoms with E-state index < -0.39 is 11.9 Å². The molecule has 0 spiro atoms. The van der Waals surface area contributed by atoms with Crippen LogP contribution in [0.25, 0.3) is 0 Å². The van der Waals surface area contributed by atoms with Crippen LogP contribution in [0.15, 0.2) is 35.4 Å². The second-order valence-corrected chi connectivity index (χ2v) is 5.63. The minimum atomic E-state index is -1.07. The molecular formula is C18H17ClN2O6. The lowest BCUT2D eigenvalue weighted by Gasteiger charge is -2.13. The van der Waals surface area contributed by atoms with Gasteiger partial charge in [0.25, 0.3) is 0 Å². The van der Waals surface area contributed by atoms with Crippen molar-refractivity contribution in [3.8, 4) is 17.2 Å². The molecule has 2 aromatic rings. The fourth-order valence-corrected chi connectivity index (χ4v) is 2.30. The van der Waals surface area contributed by atoms with Gasteiger partial charge in [-0.05, 0) is 30.3 Å². The highest BCUT2D eigenvalue weighted by Gasteiger charge is 2.15. The maximum absolute atomic E-state index is 11.2. The van der Waals surface area contributed by atoms with E-state index in [-0.39, 0.29) is 22.8 Å². The Morgan fingerprint density at radius 2 is 1.78 bits per heavy atom. The minimum absolute atomic E-state index is 0.0752. The number of hydrogen-bond acceptors (Lipinski definition) is 7. The summed E-state index contributed by atoms with van der Waals surface area (Å²) in [6.07, 6.45) is 1.45. The number of anilines is 1. The normalized spacial score (nSPS) is 10.5. The third kappa shape index (κ3) is 5.11. The van der Waals surface area contributed by atoms with Gasteiger partial charge in [0.2, 0.25) is 5.75 Å². The highest BCUT2D eigenvalue weighted by atomic mass is 35.5. The van der Waals surface area contributed by atoms with Crippen LogP contribution in [0.4, 0.5) is 5.69 Å². The Morgan fingerprint density at radius 3 is 2.30 bits per heavy atom. The third-order valence-electron chi connectivity index (χ3n) is 3.34. The quantitative estimate of drug-likeness (QED) is 0.322. The Balaban J connectivity index is 2.28. The summed E-state index contributed by atoms with van der Waals surface area (Å²) in [5.74, 6) is -0.847. The summed E-state index contributed by atoms with van der Waals surface area (Å²) in [5, 5.41) is 13.4. The maximum Gasteiger partial charge on any atom is 0.335 e. The lowest BCUT2D eigenvalue weighted by molar-refractivity contribution is -0.132. The van der Waals surface area contributed by atoms with Gasteiger partial charge in [-0.25, -0.2) is 4.79 Å². The molecule has 0 amide bonds. The van der Waals surface area contributed by atoms with Gasteiger partial charge < -0.3 is 19.3 Å². The molecule has 8 nitrogen and oxygen atoms in total. The number of nitrogens with zero attached hydrogens (tertiary/aromatic N) is 1. The van der Waals surface area contributed by atoms with Crippen molar-refractivity contribution in [3.05, 3.63) is 46.5 Å². The summed E-state index contributed by atoms with van der Waals surface area (Å²) in [6.45, 7) is 1.27. The Bertz CT molecular complexity index is 872. The Kier molecular flexibility index (Phi) is 6.62.